The second-order valence-electron chi connectivity index (χ2n) is 5.28. The first-order valence-electron chi connectivity index (χ1n) is 6.14. The van der Waals surface area contributed by atoms with Crippen molar-refractivity contribution in [3.63, 3.8) is 0 Å². The standard InChI is InChI=1S/C11H11F5O5S/c12-10(13,14)9(11(15,16)22(18,19)20)21-8(17)7-4-5-1-2-6(7)3-5/h1-2,5-7,9H,3-4H2,(H,18,19,20). The molecule has 4 atom stereocenters. The number of carbonyl (C=O) groups excluding carboxylic acids is 1. The minimum atomic E-state index is -6.41. The summed E-state index contributed by atoms with van der Waals surface area (Å²) in [5.41, 5.74) is 0. The lowest BCUT2D eigenvalue weighted by molar-refractivity contribution is -0.261. The van der Waals surface area contributed by atoms with E-state index >= 15 is 0 Å². The number of rotatable bonds is 4. The molecule has 2 aliphatic carbocycles. The van der Waals surface area contributed by atoms with Gasteiger partial charge >= 0.3 is 27.5 Å². The molecule has 2 rings (SSSR count). The number of halogens is 5. The molecule has 2 bridgehead atoms. The van der Waals surface area contributed by atoms with Crippen LogP contribution >= 0.6 is 0 Å². The maximum Gasteiger partial charge on any atom is 0.432 e. The molecule has 0 radical (unpaired) electrons. The highest BCUT2D eigenvalue weighted by atomic mass is 32.2. The SMILES string of the molecule is O=C(OC(C(F)(F)F)C(F)(F)S(=O)(=O)O)C1CC2C=CC1C2. The Labute approximate surface area is 121 Å². The Morgan fingerprint density at radius 3 is 2.14 bits per heavy atom. The predicted octanol–water partition coefficient (Wildman–Crippen LogP) is 2.15. The highest BCUT2D eigenvalue weighted by Gasteiger charge is 2.66. The molecule has 0 amide bonds. The third-order valence-corrected chi connectivity index (χ3v) is 4.66. The largest absolute Gasteiger partial charge is 0.444 e. The molecule has 4 unspecified atom stereocenters. The third kappa shape index (κ3) is 2.96. The minimum absolute atomic E-state index is 0.0334. The van der Waals surface area contributed by atoms with Crippen molar-refractivity contribution in [3.05, 3.63) is 12.2 Å². The number of ether oxygens (including phenoxy) is 1. The number of hydrogen-bond donors (Lipinski definition) is 1. The first-order valence-corrected chi connectivity index (χ1v) is 7.58. The number of carbonyl (C=O) groups is 1. The van der Waals surface area contributed by atoms with E-state index in [1.807, 2.05) is 0 Å². The Morgan fingerprint density at radius 2 is 1.77 bits per heavy atom. The van der Waals surface area contributed by atoms with Gasteiger partial charge in [-0.1, -0.05) is 12.2 Å². The van der Waals surface area contributed by atoms with Crippen LogP contribution in [-0.4, -0.2) is 36.5 Å². The van der Waals surface area contributed by atoms with Gasteiger partial charge in [0.15, 0.2) is 0 Å². The zero-order valence-corrected chi connectivity index (χ0v) is 11.6. The van der Waals surface area contributed by atoms with Gasteiger partial charge in [0.1, 0.15) is 0 Å². The summed E-state index contributed by atoms with van der Waals surface area (Å²) in [6.45, 7) is 0. The van der Waals surface area contributed by atoms with Crippen LogP contribution in [0.15, 0.2) is 12.2 Å². The number of allylic oxidation sites excluding steroid dienone is 2. The van der Waals surface area contributed by atoms with Gasteiger partial charge in [-0.05, 0) is 24.7 Å². The van der Waals surface area contributed by atoms with E-state index in [9.17, 15) is 35.2 Å². The number of hydrogen-bond acceptors (Lipinski definition) is 4. The number of alkyl halides is 5. The highest BCUT2D eigenvalue weighted by Crippen LogP contribution is 2.45. The molecule has 1 fully saturated rings. The summed E-state index contributed by atoms with van der Waals surface area (Å²) in [5.74, 6) is -3.03. The zero-order chi connectivity index (χ0) is 16.9. The first-order chi connectivity index (χ1) is 9.84. The molecular formula is C11H11F5O5S. The van der Waals surface area contributed by atoms with Gasteiger partial charge in [-0.2, -0.15) is 30.4 Å². The lowest BCUT2D eigenvalue weighted by Crippen LogP contribution is -2.52. The monoisotopic (exact) mass is 350 g/mol. The molecule has 2 aliphatic rings. The smallest absolute Gasteiger partial charge is 0.432 e. The molecule has 0 saturated heterocycles. The summed E-state index contributed by atoms with van der Waals surface area (Å²) in [5, 5.41) is -5.69. The molecule has 1 N–H and O–H groups in total. The Morgan fingerprint density at radius 1 is 1.18 bits per heavy atom. The van der Waals surface area contributed by atoms with Gasteiger partial charge in [-0.15, -0.1) is 0 Å². The quantitative estimate of drug-likeness (QED) is 0.364. The van der Waals surface area contributed by atoms with Crippen molar-refractivity contribution in [1.29, 1.82) is 0 Å². The molecule has 0 aromatic rings. The lowest BCUT2D eigenvalue weighted by Gasteiger charge is -2.28. The first kappa shape index (κ1) is 17.1. The van der Waals surface area contributed by atoms with Crippen LogP contribution in [0.2, 0.25) is 0 Å². The highest BCUT2D eigenvalue weighted by molar-refractivity contribution is 7.86. The molecule has 126 valence electrons. The van der Waals surface area contributed by atoms with Crippen molar-refractivity contribution in [2.75, 3.05) is 0 Å². The van der Waals surface area contributed by atoms with Gasteiger partial charge < -0.3 is 4.74 Å². The maximum atomic E-state index is 13.3. The summed E-state index contributed by atoms with van der Waals surface area (Å²) in [7, 11) is -6.41. The molecule has 0 aliphatic heterocycles. The summed E-state index contributed by atoms with van der Waals surface area (Å²) in [6, 6.07) is 0. The van der Waals surface area contributed by atoms with Gasteiger partial charge in [-0.25, -0.2) is 0 Å². The molecular weight excluding hydrogens is 339 g/mol. The topological polar surface area (TPSA) is 80.7 Å². The lowest BCUT2D eigenvalue weighted by atomic mass is 9.94. The van der Waals surface area contributed by atoms with Crippen molar-refractivity contribution < 1.29 is 44.5 Å². The summed E-state index contributed by atoms with van der Waals surface area (Å²) in [4.78, 5) is 11.7. The van der Waals surface area contributed by atoms with Crippen molar-refractivity contribution in [2.45, 2.75) is 30.4 Å². The van der Waals surface area contributed by atoms with E-state index in [1.54, 1.807) is 12.2 Å². The average molecular weight is 350 g/mol. The summed E-state index contributed by atoms with van der Waals surface area (Å²) >= 11 is 0. The Kier molecular flexibility index (Phi) is 4.01. The van der Waals surface area contributed by atoms with E-state index in [1.165, 1.54) is 0 Å². The Balaban J connectivity index is 2.21. The van der Waals surface area contributed by atoms with Crippen LogP contribution < -0.4 is 0 Å². The van der Waals surface area contributed by atoms with Gasteiger partial charge in [0, 0.05) is 0 Å². The van der Waals surface area contributed by atoms with Crippen molar-refractivity contribution in [3.8, 4) is 0 Å². The van der Waals surface area contributed by atoms with E-state index < -0.39 is 45.5 Å². The number of esters is 1. The van der Waals surface area contributed by atoms with Crippen LogP contribution in [0.25, 0.3) is 0 Å². The van der Waals surface area contributed by atoms with Crippen LogP contribution in [0.1, 0.15) is 12.8 Å². The average Bonchev–Trinajstić information content (AvgIpc) is 2.94. The van der Waals surface area contributed by atoms with Crippen molar-refractivity contribution in [2.24, 2.45) is 17.8 Å². The minimum Gasteiger partial charge on any atom is -0.444 e. The van der Waals surface area contributed by atoms with Crippen molar-refractivity contribution >= 4 is 16.1 Å². The Hall–Kier alpha value is -1.23. The van der Waals surface area contributed by atoms with E-state index in [0.29, 0.717) is 6.42 Å². The zero-order valence-electron chi connectivity index (χ0n) is 10.8. The molecule has 0 spiro atoms. The second kappa shape index (κ2) is 5.15. The normalized spacial score (nSPS) is 29.6. The predicted molar refractivity (Wildman–Crippen MR) is 61.3 cm³/mol. The fourth-order valence-electron chi connectivity index (χ4n) is 2.72. The van der Waals surface area contributed by atoms with E-state index in [4.69, 9.17) is 4.55 Å². The summed E-state index contributed by atoms with van der Waals surface area (Å²) < 4.78 is 97.4. The van der Waals surface area contributed by atoms with Crippen LogP contribution in [-0.2, 0) is 19.6 Å². The van der Waals surface area contributed by atoms with Crippen LogP contribution in [0.4, 0.5) is 22.0 Å². The molecule has 5 nitrogen and oxygen atoms in total. The maximum absolute atomic E-state index is 13.3. The van der Waals surface area contributed by atoms with Gasteiger partial charge in [0.2, 0.25) is 0 Å². The number of fused-ring (bicyclic) bond motifs is 2. The Bertz CT molecular complexity index is 596. The molecule has 1 saturated carbocycles. The summed E-state index contributed by atoms with van der Waals surface area (Å²) in [6.07, 6.45) is -6.10. The van der Waals surface area contributed by atoms with Crippen LogP contribution in [0.5, 0.6) is 0 Å². The molecule has 0 heterocycles. The fraction of sp³-hybridized carbons (Fsp3) is 0.727. The van der Waals surface area contributed by atoms with Crippen LogP contribution in [0.3, 0.4) is 0 Å². The molecule has 22 heavy (non-hydrogen) atoms. The van der Waals surface area contributed by atoms with Gasteiger partial charge in [0.25, 0.3) is 6.10 Å². The van der Waals surface area contributed by atoms with E-state index in [-0.39, 0.29) is 12.3 Å². The second-order valence-corrected chi connectivity index (χ2v) is 6.78. The van der Waals surface area contributed by atoms with Gasteiger partial charge in [-0.3, -0.25) is 9.35 Å². The molecule has 0 aromatic carbocycles. The molecule has 0 aromatic heterocycles. The van der Waals surface area contributed by atoms with Crippen LogP contribution in [0, 0.1) is 17.8 Å². The van der Waals surface area contributed by atoms with Gasteiger partial charge in [0.05, 0.1) is 5.92 Å². The fourth-order valence-corrected chi connectivity index (χ4v) is 3.17. The molecule has 11 heteroatoms. The van der Waals surface area contributed by atoms with E-state index in [2.05, 4.69) is 4.74 Å². The van der Waals surface area contributed by atoms with E-state index in [0.717, 1.165) is 0 Å². The van der Waals surface area contributed by atoms with Crippen molar-refractivity contribution in [1.82, 2.24) is 0 Å². The third-order valence-electron chi connectivity index (χ3n) is 3.76.